The van der Waals surface area contributed by atoms with Crippen molar-refractivity contribution in [3.05, 3.63) is 65.0 Å². The number of aryl methyl sites for hydroxylation is 1. The molecule has 0 aliphatic carbocycles. The molecule has 172 valence electrons. The van der Waals surface area contributed by atoms with Gasteiger partial charge in [0.05, 0.1) is 17.7 Å². The van der Waals surface area contributed by atoms with Crippen molar-refractivity contribution in [1.29, 1.82) is 0 Å². The summed E-state index contributed by atoms with van der Waals surface area (Å²) in [6.07, 6.45) is 0.0585. The van der Waals surface area contributed by atoms with Gasteiger partial charge in [-0.3, -0.25) is 9.59 Å². The van der Waals surface area contributed by atoms with E-state index in [1.165, 1.54) is 23.9 Å². The highest BCUT2D eigenvalue weighted by Gasteiger charge is 2.17. The molecule has 2 aromatic carbocycles. The zero-order chi connectivity index (χ0) is 24.0. The predicted molar refractivity (Wildman–Crippen MR) is 127 cm³/mol. The predicted octanol–water partition coefficient (Wildman–Crippen LogP) is 3.53. The Labute approximate surface area is 195 Å². The summed E-state index contributed by atoms with van der Waals surface area (Å²) in [5.41, 5.74) is 3.37. The number of carboxylic acids is 1. The van der Waals surface area contributed by atoms with E-state index in [4.69, 9.17) is 5.11 Å². The highest BCUT2D eigenvalue weighted by atomic mass is 32.2. The Hall–Kier alpha value is -3.66. The van der Waals surface area contributed by atoms with E-state index in [0.717, 1.165) is 16.8 Å². The van der Waals surface area contributed by atoms with E-state index in [1.54, 1.807) is 16.7 Å². The first-order chi connectivity index (χ1) is 15.8. The molecule has 0 unspecified atom stereocenters. The molecule has 1 heterocycles. The Morgan fingerprint density at radius 2 is 1.79 bits per heavy atom. The molecule has 3 N–H and O–H groups in total. The van der Waals surface area contributed by atoms with Crippen LogP contribution in [0.4, 0.5) is 11.4 Å². The third-order valence-corrected chi connectivity index (χ3v) is 6.00. The molecule has 0 spiro atoms. The lowest BCUT2D eigenvalue weighted by Crippen LogP contribution is -2.18. The number of hydrogen-bond donors (Lipinski definition) is 3. The number of carbonyl (C=O) groups excluding carboxylic acids is 2. The zero-order valence-corrected chi connectivity index (χ0v) is 19.4. The van der Waals surface area contributed by atoms with Crippen LogP contribution in [0.3, 0.4) is 0 Å². The monoisotopic (exact) mass is 467 g/mol. The fourth-order valence-corrected chi connectivity index (χ4v) is 3.98. The second-order valence-corrected chi connectivity index (χ2v) is 8.28. The zero-order valence-electron chi connectivity index (χ0n) is 18.6. The van der Waals surface area contributed by atoms with E-state index in [-0.39, 0.29) is 29.6 Å². The highest BCUT2D eigenvalue weighted by molar-refractivity contribution is 7.99. The molecule has 9 nitrogen and oxygen atoms in total. The first-order valence-corrected chi connectivity index (χ1v) is 11.3. The quantitative estimate of drug-likeness (QED) is 0.411. The van der Waals surface area contributed by atoms with Crippen LogP contribution in [0.1, 0.15) is 34.2 Å². The van der Waals surface area contributed by atoms with Gasteiger partial charge in [0.25, 0.3) is 0 Å². The van der Waals surface area contributed by atoms with Gasteiger partial charge in [-0.2, -0.15) is 0 Å². The molecule has 0 saturated heterocycles. The van der Waals surface area contributed by atoms with Gasteiger partial charge in [0.2, 0.25) is 11.8 Å². The number of thioether (sulfide) groups is 1. The fourth-order valence-electron chi connectivity index (χ4n) is 3.16. The summed E-state index contributed by atoms with van der Waals surface area (Å²) in [5, 5.41) is 23.5. The Balaban J connectivity index is 1.60. The summed E-state index contributed by atoms with van der Waals surface area (Å²) >= 11 is 1.20. The molecule has 0 radical (unpaired) electrons. The number of benzene rings is 2. The fraction of sp³-hybridized carbons (Fsp3) is 0.261. The van der Waals surface area contributed by atoms with Crippen molar-refractivity contribution in [3.63, 3.8) is 0 Å². The number of rotatable bonds is 9. The molecule has 10 heteroatoms. The maximum atomic E-state index is 12.6. The standard InChI is InChI=1S/C23H25N5O4S/c1-4-28-19(12-20(29)25-18-10-5-7-14(2)15(18)3)26-27-23(28)33-13-21(30)24-17-9-6-8-16(11-17)22(31)32/h5-11H,4,12-13H2,1-3H3,(H,24,30)(H,25,29)(H,31,32). The molecule has 3 aromatic rings. The Kier molecular flexibility index (Phi) is 7.83. The second kappa shape index (κ2) is 10.8. The molecule has 3 rings (SSSR count). The van der Waals surface area contributed by atoms with Crippen LogP contribution in [-0.2, 0) is 22.6 Å². The lowest BCUT2D eigenvalue weighted by atomic mass is 10.1. The summed E-state index contributed by atoms with van der Waals surface area (Å²) in [6, 6.07) is 11.8. The SMILES string of the molecule is CCn1c(CC(=O)Nc2cccc(C)c2C)nnc1SCC(=O)Nc1cccc(C(=O)O)c1. The molecule has 0 aliphatic heterocycles. The summed E-state index contributed by atoms with van der Waals surface area (Å²) < 4.78 is 1.80. The van der Waals surface area contributed by atoms with Crippen molar-refractivity contribution in [2.45, 2.75) is 38.9 Å². The minimum atomic E-state index is -1.06. The van der Waals surface area contributed by atoms with E-state index < -0.39 is 5.97 Å². The summed E-state index contributed by atoms with van der Waals surface area (Å²) in [7, 11) is 0. The van der Waals surface area contributed by atoms with Crippen LogP contribution in [0.25, 0.3) is 0 Å². The number of nitrogens with one attached hydrogen (secondary N) is 2. The number of nitrogens with zero attached hydrogens (tertiary/aromatic N) is 3. The van der Waals surface area contributed by atoms with Gasteiger partial charge in [-0.05, 0) is 56.2 Å². The number of aromatic carboxylic acids is 1. The van der Waals surface area contributed by atoms with Crippen LogP contribution in [0.15, 0.2) is 47.6 Å². The third-order valence-electron chi connectivity index (χ3n) is 5.03. The minimum absolute atomic E-state index is 0.0585. The Morgan fingerprint density at radius 3 is 2.52 bits per heavy atom. The first kappa shape index (κ1) is 24.0. The molecule has 0 atom stereocenters. The maximum Gasteiger partial charge on any atom is 0.335 e. The van der Waals surface area contributed by atoms with Gasteiger partial charge < -0.3 is 20.3 Å². The maximum absolute atomic E-state index is 12.6. The van der Waals surface area contributed by atoms with E-state index in [2.05, 4.69) is 20.8 Å². The number of hydrogen-bond acceptors (Lipinski definition) is 6. The largest absolute Gasteiger partial charge is 0.478 e. The van der Waals surface area contributed by atoms with Gasteiger partial charge >= 0.3 is 5.97 Å². The van der Waals surface area contributed by atoms with E-state index in [9.17, 15) is 14.4 Å². The second-order valence-electron chi connectivity index (χ2n) is 7.34. The van der Waals surface area contributed by atoms with Gasteiger partial charge in [0.1, 0.15) is 5.82 Å². The number of amides is 2. The molecule has 33 heavy (non-hydrogen) atoms. The molecule has 1 aromatic heterocycles. The van der Waals surface area contributed by atoms with Crippen LogP contribution in [-0.4, -0.2) is 43.4 Å². The number of carboxylic acid groups (broad SMARTS) is 1. The van der Waals surface area contributed by atoms with Crippen molar-refractivity contribution in [2.75, 3.05) is 16.4 Å². The lowest BCUT2D eigenvalue weighted by Gasteiger charge is -2.11. The molecular weight excluding hydrogens is 442 g/mol. The molecule has 0 fully saturated rings. The normalized spacial score (nSPS) is 10.6. The molecule has 2 amide bonds. The molecule has 0 bridgehead atoms. The Bertz CT molecular complexity index is 1190. The number of anilines is 2. The van der Waals surface area contributed by atoms with E-state index in [0.29, 0.717) is 23.2 Å². The van der Waals surface area contributed by atoms with Crippen LogP contribution in [0.5, 0.6) is 0 Å². The van der Waals surface area contributed by atoms with Crippen molar-refractivity contribution in [2.24, 2.45) is 0 Å². The lowest BCUT2D eigenvalue weighted by molar-refractivity contribution is -0.116. The molecule has 0 saturated carbocycles. The van der Waals surface area contributed by atoms with Crippen LogP contribution >= 0.6 is 11.8 Å². The van der Waals surface area contributed by atoms with Gasteiger partial charge in [0, 0.05) is 17.9 Å². The highest BCUT2D eigenvalue weighted by Crippen LogP contribution is 2.20. The molecule has 0 aliphatic rings. The number of aromatic nitrogens is 3. The van der Waals surface area contributed by atoms with Crippen molar-refractivity contribution >= 4 is 40.9 Å². The third kappa shape index (κ3) is 6.19. The average Bonchev–Trinajstić information content (AvgIpc) is 3.16. The van der Waals surface area contributed by atoms with Crippen molar-refractivity contribution in [3.8, 4) is 0 Å². The summed E-state index contributed by atoms with van der Waals surface area (Å²) in [6.45, 7) is 6.40. The van der Waals surface area contributed by atoms with Gasteiger partial charge in [-0.1, -0.05) is 30.0 Å². The summed E-state index contributed by atoms with van der Waals surface area (Å²) in [5.74, 6) is -0.992. The minimum Gasteiger partial charge on any atom is -0.478 e. The van der Waals surface area contributed by atoms with Gasteiger partial charge in [0.15, 0.2) is 5.16 Å². The first-order valence-electron chi connectivity index (χ1n) is 10.3. The van der Waals surface area contributed by atoms with Crippen LogP contribution in [0, 0.1) is 13.8 Å². The topological polar surface area (TPSA) is 126 Å². The molecular formula is C23H25N5O4S. The van der Waals surface area contributed by atoms with Gasteiger partial charge in [-0.15, -0.1) is 10.2 Å². The van der Waals surface area contributed by atoms with Crippen LogP contribution in [0.2, 0.25) is 0 Å². The van der Waals surface area contributed by atoms with E-state index in [1.807, 2.05) is 39.0 Å². The van der Waals surface area contributed by atoms with Crippen LogP contribution < -0.4 is 10.6 Å². The number of carbonyl (C=O) groups is 3. The smallest absolute Gasteiger partial charge is 0.335 e. The van der Waals surface area contributed by atoms with Crippen molar-refractivity contribution in [1.82, 2.24) is 14.8 Å². The Morgan fingerprint density at radius 1 is 1.03 bits per heavy atom. The van der Waals surface area contributed by atoms with E-state index >= 15 is 0 Å². The average molecular weight is 468 g/mol. The van der Waals surface area contributed by atoms with Crippen molar-refractivity contribution < 1.29 is 19.5 Å². The van der Waals surface area contributed by atoms with Gasteiger partial charge in [-0.25, -0.2) is 4.79 Å². The summed E-state index contributed by atoms with van der Waals surface area (Å²) in [4.78, 5) is 35.9.